The lowest BCUT2D eigenvalue weighted by Crippen LogP contribution is -2.35. The number of pyridine rings is 1. The maximum Gasteiger partial charge on any atom is 0.260 e. The van der Waals surface area contributed by atoms with E-state index in [2.05, 4.69) is 10.3 Å². The third-order valence-corrected chi connectivity index (χ3v) is 5.02. The average Bonchev–Trinajstić information content (AvgIpc) is 3.09. The molecule has 1 unspecified atom stereocenters. The molecule has 1 aliphatic heterocycles. The number of nitrogens with one attached hydrogen (secondary N) is 1. The first-order chi connectivity index (χ1) is 14.1. The number of methoxy groups -OCH3 is 1. The van der Waals surface area contributed by atoms with Crippen LogP contribution in [0.4, 0.5) is 11.4 Å². The molecule has 1 aliphatic rings. The summed E-state index contributed by atoms with van der Waals surface area (Å²) in [5.74, 6) is 0.221. The SMILES string of the molecule is COc1ccc(NC(=O)c2cncc(C(=O)N3c4ccccc4CC3C)c2)cc1. The number of fused-ring (bicyclic) bond motifs is 1. The van der Waals surface area contributed by atoms with Crippen LogP contribution in [0.5, 0.6) is 5.75 Å². The molecule has 6 heteroatoms. The fraction of sp³-hybridized carbons (Fsp3) is 0.174. The Hall–Kier alpha value is -3.67. The maximum absolute atomic E-state index is 13.2. The zero-order valence-corrected chi connectivity index (χ0v) is 16.3. The Morgan fingerprint density at radius 1 is 1.07 bits per heavy atom. The summed E-state index contributed by atoms with van der Waals surface area (Å²) in [5, 5.41) is 2.81. The summed E-state index contributed by atoms with van der Waals surface area (Å²) in [5.41, 5.74) is 3.41. The number of nitrogens with zero attached hydrogens (tertiary/aromatic N) is 2. The first kappa shape index (κ1) is 18.7. The van der Waals surface area contributed by atoms with Crippen LogP contribution >= 0.6 is 0 Å². The fourth-order valence-electron chi connectivity index (χ4n) is 3.57. The van der Waals surface area contributed by atoms with E-state index in [1.54, 1.807) is 42.3 Å². The second-order valence-corrected chi connectivity index (χ2v) is 7.00. The van der Waals surface area contributed by atoms with Crippen molar-refractivity contribution >= 4 is 23.2 Å². The van der Waals surface area contributed by atoms with Crippen LogP contribution < -0.4 is 15.0 Å². The molecule has 0 radical (unpaired) electrons. The Kier molecular flexibility index (Phi) is 4.99. The van der Waals surface area contributed by atoms with Crippen molar-refractivity contribution in [2.75, 3.05) is 17.3 Å². The number of carbonyl (C=O) groups excluding carboxylic acids is 2. The molecule has 2 aromatic carbocycles. The average molecular weight is 387 g/mol. The van der Waals surface area contributed by atoms with Gasteiger partial charge in [-0.05, 0) is 55.3 Å². The Balaban J connectivity index is 1.55. The summed E-state index contributed by atoms with van der Waals surface area (Å²) in [7, 11) is 1.58. The van der Waals surface area contributed by atoms with E-state index in [9.17, 15) is 9.59 Å². The molecule has 1 N–H and O–H groups in total. The van der Waals surface area contributed by atoms with E-state index in [1.807, 2.05) is 31.2 Å². The Labute approximate surface area is 169 Å². The van der Waals surface area contributed by atoms with Gasteiger partial charge in [-0.15, -0.1) is 0 Å². The number of amides is 2. The molecule has 1 atom stereocenters. The van der Waals surface area contributed by atoms with Gasteiger partial charge in [-0.3, -0.25) is 14.6 Å². The molecule has 146 valence electrons. The van der Waals surface area contributed by atoms with E-state index < -0.39 is 0 Å². The van der Waals surface area contributed by atoms with Gasteiger partial charge >= 0.3 is 0 Å². The zero-order chi connectivity index (χ0) is 20.4. The van der Waals surface area contributed by atoms with Gasteiger partial charge in [0.1, 0.15) is 5.75 Å². The Morgan fingerprint density at radius 2 is 1.79 bits per heavy atom. The van der Waals surface area contributed by atoms with E-state index in [0.29, 0.717) is 22.6 Å². The molecule has 0 bridgehead atoms. The van der Waals surface area contributed by atoms with Crippen molar-refractivity contribution in [2.45, 2.75) is 19.4 Å². The van der Waals surface area contributed by atoms with Crippen LogP contribution in [0.15, 0.2) is 67.0 Å². The lowest BCUT2D eigenvalue weighted by molar-refractivity contribution is 0.0981. The van der Waals surface area contributed by atoms with Crippen molar-refractivity contribution in [3.8, 4) is 5.75 Å². The number of benzene rings is 2. The Morgan fingerprint density at radius 3 is 2.55 bits per heavy atom. The predicted octanol–water partition coefficient (Wildman–Crippen LogP) is 3.93. The number of aromatic nitrogens is 1. The van der Waals surface area contributed by atoms with E-state index >= 15 is 0 Å². The molecule has 0 aliphatic carbocycles. The van der Waals surface area contributed by atoms with Gasteiger partial charge in [0, 0.05) is 29.8 Å². The monoisotopic (exact) mass is 387 g/mol. The van der Waals surface area contributed by atoms with Crippen LogP contribution in [0, 0.1) is 0 Å². The van der Waals surface area contributed by atoms with Gasteiger partial charge in [0.15, 0.2) is 0 Å². The molecular weight excluding hydrogens is 366 g/mol. The highest BCUT2D eigenvalue weighted by Gasteiger charge is 2.31. The van der Waals surface area contributed by atoms with Crippen LogP contribution in [0.2, 0.25) is 0 Å². The van der Waals surface area contributed by atoms with Gasteiger partial charge in [0.05, 0.1) is 18.2 Å². The van der Waals surface area contributed by atoms with Crippen LogP contribution in [-0.4, -0.2) is 29.9 Å². The van der Waals surface area contributed by atoms with Gasteiger partial charge in [-0.25, -0.2) is 0 Å². The minimum atomic E-state index is -0.327. The maximum atomic E-state index is 13.2. The van der Waals surface area contributed by atoms with Crippen LogP contribution in [-0.2, 0) is 6.42 Å². The molecule has 0 fully saturated rings. The first-order valence-electron chi connectivity index (χ1n) is 9.39. The molecule has 2 heterocycles. The third kappa shape index (κ3) is 3.69. The van der Waals surface area contributed by atoms with E-state index in [1.165, 1.54) is 12.4 Å². The number of carbonyl (C=O) groups is 2. The van der Waals surface area contributed by atoms with E-state index in [0.717, 1.165) is 17.7 Å². The highest BCUT2D eigenvalue weighted by molar-refractivity contribution is 6.10. The number of ether oxygens (including phenoxy) is 1. The summed E-state index contributed by atoms with van der Waals surface area (Å²) in [6, 6.07) is 16.6. The zero-order valence-electron chi connectivity index (χ0n) is 16.3. The molecule has 0 saturated heterocycles. The molecule has 2 amide bonds. The molecule has 0 saturated carbocycles. The van der Waals surface area contributed by atoms with Gasteiger partial charge < -0.3 is 15.0 Å². The summed E-state index contributed by atoms with van der Waals surface area (Å²) in [4.78, 5) is 31.7. The van der Waals surface area contributed by atoms with Crippen molar-refractivity contribution in [1.82, 2.24) is 4.98 Å². The number of rotatable bonds is 4. The smallest absolute Gasteiger partial charge is 0.260 e. The highest BCUT2D eigenvalue weighted by atomic mass is 16.5. The third-order valence-electron chi connectivity index (χ3n) is 5.02. The van der Waals surface area contributed by atoms with Crippen molar-refractivity contribution in [3.63, 3.8) is 0 Å². The van der Waals surface area contributed by atoms with Gasteiger partial charge in [-0.2, -0.15) is 0 Å². The molecule has 6 nitrogen and oxygen atoms in total. The lowest BCUT2D eigenvalue weighted by Gasteiger charge is -2.22. The number of para-hydroxylation sites is 1. The Bertz CT molecular complexity index is 1060. The van der Waals surface area contributed by atoms with Crippen molar-refractivity contribution in [1.29, 1.82) is 0 Å². The number of hydrogen-bond acceptors (Lipinski definition) is 4. The van der Waals surface area contributed by atoms with E-state index in [-0.39, 0.29) is 17.9 Å². The fourth-order valence-corrected chi connectivity index (χ4v) is 3.57. The quantitative estimate of drug-likeness (QED) is 0.736. The second kappa shape index (κ2) is 7.75. The predicted molar refractivity (Wildman–Crippen MR) is 112 cm³/mol. The van der Waals surface area contributed by atoms with Crippen molar-refractivity contribution < 1.29 is 14.3 Å². The van der Waals surface area contributed by atoms with E-state index in [4.69, 9.17) is 4.74 Å². The molecule has 29 heavy (non-hydrogen) atoms. The summed E-state index contributed by atoms with van der Waals surface area (Å²) in [6.45, 7) is 2.02. The van der Waals surface area contributed by atoms with Crippen molar-refractivity contribution in [3.05, 3.63) is 83.7 Å². The molecule has 1 aromatic heterocycles. The highest BCUT2D eigenvalue weighted by Crippen LogP contribution is 2.33. The van der Waals surface area contributed by atoms with Crippen molar-refractivity contribution in [2.24, 2.45) is 0 Å². The largest absolute Gasteiger partial charge is 0.497 e. The normalized spacial score (nSPS) is 15.0. The number of anilines is 2. The minimum absolute atomic E-state index is 0.0525. The summed E-state index contributed by atoms with van der Waals surface area (Å²) in [6.07, 6.45) is 3.77. The first-order valence-corrected chi connectivity index (χ1v) is 9.39. The molecular formula is C23H21N3O3. The van der Waals surface area contributed by atoms with Crippen LogP contribution in [0.1, 0.15) is 33.2 Å². The summed E-state index contributed by atoms with van der Waals surface area (Å²) >= 11 is 0. The van der Waals surface area contributed by atoms with Gasteiger partial charge in [0.25, 0.3) is 11.8 Å². The molecule has 4 rings (SSSR count). The molecule has 0 spiro atoms. The topological polar surface area (TPSA) is 71.5 Å². The molecule has 3 aromatic rings. The van der Waals surface area contributed by atoms with Crippen LogP contribution in [0.25, 0.3) is 0 Å². The standard InChI is InChI=1S/C23H21N3O3/c1-15-11-16-5-3-4-6-21(16)26(15)23(28)18-12-17(13-24-14-18)22(27)25-19-7-9-20(29-2)10-8-19/h3-10,12-15H,11H2,1-2H3,(H,25,27). The number of hydrogen-bond donors (Lipinski definition) is 1. The van der Waals surface area contributed by atoms with Crippen LogP contribution in [0.3, 0.4) is 0 Å². The lowest BCUT2D eigenvalue weighted by atomic mass is 10.1. The minimum Gasteiger partial charge on any atom is -0.497 e. The second-order valence-electron chi connectivity index (χ2n) is 7.00. The van der Waals surface area contributed by atoms with Gasteiger partial charge in [-0.1, -0.05) is 18.2 Å². The summed E-state index contributed by atoms with van der Waals surface area (Å²) < 4.78 is 5.12. The van der Waals surface area contributed by atoms with Gasteiger partial charge in [0.2, 0.25) is 0 Å².